The fourth-order valence-electron chi connectivity index (χ4n) is 8.97. The van der Waals surface area contributed by atoms with Crippen LogP contribution >= 0.6 is 11.8 Å². The Bertz CT molecular complexity index is 2860. The lowest BCUT2D eigenvalue weighted by atomic mass is 9.65. The zero-order chi connectivity index (χ0) is 38.3. The largest absolute Gasteiger partial charge is 0.151 e. The first-order valence-corrected chi connectivity index (χ1v) is 20.2. The Morgan fingerprint density at radius 2 is 0.877 bits per heavy atom. The summed E-state index contributed by atoms with van der Waals surface area (Å²) in [6.07, 6.45) is 0. The number of hydrogen-bond acceptors (Lipinski definition) is 3. The highest BCUT2D eigenvalue weighted by molar-refractivity contribution is 7.99. The molecule has 1 spiro atoms. The van der Waals surface area contributed by atoms with Gasteiger partial charge in [-0.15, -0.1) is 5.11 Å². The third-order valence-electron chi connectivity index (χ3n) is 11.5. The smallest absolute Gasteiger partial charge is 0.0970 e. The van der Waals surface area contributed by atoms with E-state index in [0.717, 1.165) is 39.1 Å². The average Bonchev–Trinajstić information content (AvgIpc) is 3.58. The summed E-state index contributed by atoms with van der Waals surface area (Å²) in [6.45, 7) is 6.43. The predicted molar refractivity (Wildman–Crippen MR) is 238 cm³/mol. The van der Waals surface area contributed by atoms with Gasteiger partial charge in [-0.05, 0) is 85.8 Å². The number of azo groups is 1. The summed E-state index contributed by atoms with van der Waals surface area (Å²) in [5.74, 6) is 0. The van der Waals surface area contributed by atoms with Gasteiger partial charge in [0.1, 0.15) is 0 Å². The molecule has 0 radical (unpaired) electrons. The molecule has 0 saturated heterocycles. The first-order valence-electron chi connectivity index (χ1n) is 19.4. The standard InChI is InChI=1S/C54H38N2S/c1-36(38-20-5-3-6-21-38)53(56-55-37(2)39-22-7-4-8-23-39)46-28-12-11-26-42(46)40-24-9-10-25-41(40)44-29-19-30-45-43-27-13-14-31-47(43)54(52(44)45)48-32-15-17-34-50(48)57-51-35-18-16-33-49(51)54/h3-35H,2H2,1H3/b53-36+,56-55-. The second kappa shape index (κ2) is 14.4. The Balaban J connectivity index is 1.22. The topological polar surface area (TPSA) is 24.7 Å². The first-order chi connectivity index (χ1) is 28.1. The summed E-state index contributed by atoms with van der Waals surface area (Å²) in [4.78, 5) is 2.59. The first kappa shape index (κ1) is 34.7. The molecule has 10 rings (SSSR count). The number of benzene rings is 8. The zero-order valence-electron chi connectivity index (χ0n) is 31.6. The molecule has 0 fully saturated rings. The molecule has 1 heterocycles. The molecular weight excluding hydrogens is 709 g/mol. The Hall–Kier alpha value is -6.81. The van der Waals surface area contributed by atoms with Crippen molar-refractivity contribution in [1.29, 1.82) is 0 Å². The highest BCUT2D eigenvalue weighted by Crippen LogP contribution is 2.64. The Morgan fingerprint density at radius 1 is 0.421 bits per heavy atom. The van der Waals surface area contributed by atoms with Crippen LogP contribution in [0.1, 0.15) is 45.9 Å². The molecule has 3 heteroatoms. The fraction of sp³-hybridized carbons (Fsp3) is 0.0370. The average molecular weight is 747 g/mol. The summed E-state index contributed by atoms with van der Waals surface area (Å²) in [5.41, 5.74) is 17.5. The quantitative estimate of drug-likeness (QED) is 0.118. The summed E-state index contributed by atoms with van der Waals surface area (Å²) >= 11 is 1.87. The molecule has 0 atom stereocenters. The normalized spacial score (nSPS) is 13.7. The van der Waals surface area contributed by atoms with Crippen LogP contribution in [0.5, 0.6) is 0 Å². The molecule has 2 nitrogen and oxygen atoms in total. The maximum atomic E-state index is 5.04. The third kappa shape index (κ3) is 5.65. The molecule has 1 aliphatic carbocycles. The van der Waals surface area contributed by atoms with E-state index in [2.05, 4.69) is 177 Å². The maximum absolute atomic E-state index is 5.04. The molecule has 8 aromatic carbocycles. The Labute approximate surface area is 338 Å². The van der Waals surface area contributed by atoms with Gasteiger partial charge in [-0.1, -0.05) is 206 Å². The number of fused-ring (bicyclic) bond motifs is 9. The number of allylic oxidation sites excluding steroid dienone is 1. The predicted octanol–water partition coefficient (Wildman–Crippen LogP) is 14.9. The van der Waals surface area contributed by atoms with Crippen molar-refractivity contribution in [1.82, 2.24) is 0 Å². The fourth-order valence-corrected chi connectivity index (χ4v) is 10.2. The van der Waals surface area contributed by atoms with Crippen molar-refractivity contribution in [2.75, 3.05) is 0 Å². The van der Waals surface area contributed by atoms with E-state index in [-0.39, 0.29) is 0 Å². The van der Waals surface area contributed by atoms with Crippen molar-refractivity contribution in [3.8, 4) is 33.4 Å². The number of nitrogens with zero attached hydrogens (tertiary/aromatic N) is 2. The summed E-state index contributed by atoms with van der Waals surface area (Å²) in [7, 11) is 0. The SMILES string of the molecule is C=C(/N=N\C(=C(/C)c1ccccc1)c1ccccc1-c1ccccc1-c1cccc2c1C1(c3ccccc3Sc3ccccc31)c1ccccc1-2)c1ccccc1. The van der Waals surface area contributed by atoms with Crippen LogP contribution in [0.2, 0.25) is 0 Å². The molecule has 0 saturated carbocycles. The summed E-state index contributed by atoms with van der Waals surface area (Å²) in [5, 5.41) is 9.81. The van der Waals surface area contributed by atoms with E-state index in [0.29, 0.717) is 5.70 Å². The van der Waals surface area contributed by atoms with E-state index in [1.165, 1.54) is 54.3 Å². The second-order valence-corrected chi connectivity index (χ2v) is 15.6. The van der Waals surface area contributed by atoms with Gasteiger partial charge in [0.2, 0.25) is 0 Å². The van der Waals surface area contributed by atoms with Crippen molar-refractivity contribution in [2.45, 2.75) is 22.1 Å². The van der Waals surface area contributed by atoms with Crippen molar-refractivity contribution < 1.29 is 0 Å². The van der Waals surface area contributed by atoms with E-state index in [4.69, 9.17) is 10.2 Å². The van der Waals surface area contributed by atoms with Gasteiger partial charge in [-0.2, -0.15) is 5.11 Å². The van der Waals surface area contributed by atoms with Crippen LogP contribution < -0.4 is 0 Å². The lowest BCUT2D eigenvalue weighted by Crippen LogP contribution is -2.32. The molecule has 0 unspecified atom stereocenters. The van der Waals surface area contributed by atoms with Gasteiger partial charge in [-0.3, -0.25) is 0 Å². The van der Waals surface area contributed by atoms with Crippen molar-refractivity contribution >= 4 is 28.7 Å². The highest BCUT2D eigenvalue weighted by Gasteiger charge is 2.51. The summed E-state index contributed by atoms with van der Waals surface area (Å²) < 4.78 is 0. The molecule has 270 valence electrons. The van der Waals surface area contributed by atoms with E-state index < -0.39 is 5.41 Å². The highest BCUT2D eigenvalue weighted by atomic mass is 32.2. The second-order valence-electron chi connectivity index (χ2n) is 14.6. The third-order valence-corrected chi connectivity index (χ3v) is 12.6. The monoisotopic (exact) mass is 746 g/mol. The number of hydrogen-bond donors (Lipinski definition) is 0. The minimum atomic E-state index is -0.505. The van der Waals surface area contributed by atoms with Crippen LogP contribution in [0.15, 0.2) is 227 Å². The van der Waals surface area contributed by atoms with Crippen LogP contribution in [0.3, 0.4) is 0 Å². The van der Waals surface area contributed by atoms with Crippen molar-refractivity contribution in [3.63, 3.8) is 0 Å². The van der Waals surface area contributed by atoms with Gasteiger partial charge in [0.25, 0.3) is 0 Å². The molecule has 0 N–H and O–H groups in total. The van der Waals surface area contributed by atoms with Crippen LogP contribution in [0.25, 0.3) is 50.3 Å². The zero-order valence-corrected chi connectivity index (χ0v) is 32.4. The van der Waals surface area contributed by atoms with Gasteiger partial charge < -0.3 is 0 Å². The molecular formula is C54H38N2S. The van der Waals surface area contributed by atoms with Crippen molar-refractivity contribution in [3.05, 3.63) is 246 Å². The van der Waals surface area contributed by atoms with E-state index in [1.54, 1.807) is 0 Å². The molecule has 0 bridgehead atoms. The maximum Gasteiger partial charge on any atom is 0.0970 e. The van der Waals surface area contributed by atoms with Gasteiger partial charge >= 0.3 is 0 Å². The van der Waals surface area contributed by atoms with Crippen LogP contribution in [0, 0.1) is 0 Å². The minimum Gasteiger partial charge on any atom is -0.151 e. The van der Waals surface area contributed by atoms with Gasteiger partial charge in [0.05, 0.1) is 16.8 Å². The minimum absolute atomic E-state index is 0.505. The lowest BCUT2D eigenvalue weighted by molar-refractivity contribution is 0.724. The van der Waals surface area contributed by atoms with Gasteiger partial charge in [-0.25, -0.2) is 0 Å². The summed E-state index contributed by atoms with van der Waals surface area (Å²) in [6, 6.07) is 71.9. The number of rotatable bonds is 7. The van der Waals surface area contributed by atoms with E-state index >= 15 is 0 Å². The van der Waals surface area contributed by atoms with Gasteiger partial charge in [0, 0.05) is 20.9 Å². The molecule has 0 amide bonds. The lowest BCUT2D eigenvalue weighted by Gasteiger charge is -2.40. The molecule has 0 aromatic heterocycles. The van der Waals surface area contributed by atoms with Crippen LogP contribution in [-0.2, 0) is 5.41 Å². The van der Waals surface area contributed by atoms with Gasteiger partial charge in [0.15, 0.2) is 0 Å². The molecule has 2 aliphatic rings. The van der Waals surface area contributed by atoms with E-state index in [9.17, 15) is 0 Å². The van der Waals surface area contributed by atoms with Crippen LogP contribution in [0.4, 0.5) is 0 Å². The Morgan fingerprint density at radius 3 is 1.53 bits per heavy atom. The Kier molecular flexibility index (Phi) is 8.73. The molecule has 1 aliphatic heterocycles. The van der Waals surface area contributed by atoms with Crippen molar-refractivity contribution in [2.24, 2.45) is 10.2 Å². The molecule has 8 aromatic rings. The van der Waals surface area contributed by atoms with Crippen LogP contribution in [-0.4, -0.2) is 0 Å². The van der Waals surface area contributed by atoms with E-state index in [1.807, 2.05) is 48.2 Å². The molecule has 57 heavy (non-hydrogen) atoms.